The van der Waals surface area contributed by atoms with Crippen molar-refractivity contribution in [3.8, 4) is 0 Å². The summed E-state index contributed by atoms with van der Waals surface area (Å²) in [5.74, 6) is 2.73. The second-order valence-electron chi connectivity index (χ2n) is 5.58. The summed E-state index contributed by atoms with van der Waals surface area (Å²) >= 11 is 0. The first-order valence-electron chi connectivity index (χ1n) is 6.64. The first-order valence-corrected chi connectivity index (χ1v) is 6.64. The summed E-state index contributed by atoms with van der Waals surface area (Å²) in [6.07, 6.45) is 6.73. The highest BCUT2D eigenvalue weighted by Crippen LogP contribution is 2.39. The summed E-state index contributed by atoms with van der Waals surface area (Å²) in [6, 6.07) is 0.655. The van der Waals surface area contributed by atoms with E-state index in [2.05, 4.69) is 12.2 Å². The Morgan fingerprint density at radius 1 is 1.27 bits per heavy atom. The van der Waals surface area contributed by atoms with Crippen LogP contribution in [0.4, 0.5) is 0 Å². The average Bonchev–Trinajstić information content (AvgIpc) is 2.72. The first kappa shape index (κ1) is 9.83. The largest absolute Gasteiger partial charge is 0.316 e. The van der Waals surface area contributed by atoms with Crippen molar-refractivity contribution >= 4 is 5.71 Å². The van der Waals surface area contributed by atoms with Gasteiger partial charge in [-0.3, -0.25) is 4.99 Å². The summed E-state index contributed by atoms with van der Waals surface area (Å²) in [5, 5.41) is 3.54. The molecule has 2 aliphatic heterocycles. The van der Waals surface area contributed by atoms with Crippen LogP contribution in [0.2, 0.25) is 0 Å². The SMILES string of the molecule is CCC1CCC2CC3CNCC3CC2=N1. The zero-order chi connectivity index (χ0) is 10.3. The van der Waals surface area contributed by atoms with Gasteiger partial charge in [0.25, 0.3) is 0 Å². The maximum Gasteiger partial charge on any atom is 0.0496 e. The van der Waals surface area contributed by atoms with E-state index in [1.165, 1.54) is 45.2 Å². The molecule has 0 aromatic heterocycles. The molecule has 1 saturated carbocycles. The van der Waals surface area contributed by atoms with E-state index in [4.69, 9.17) is 4.99 Å². The van der Waals surface area contributed by atoms with Gasteiger partial charge in [0.15, 0.2) is 0 Å². The number of nitrogens with zero attached hydrogens (tertiary/aromatic N) is 1. The lowest BCUT2D eigenvalue weighted by atomic mass is 9.71. The molecule has 2 fully saturated rings. The monoisotopic (exact) mass is 206 g/mol. The van der Waals surface area contributed by atoms with Gasteiger partial charge in [0.1, 0.15) is 0 Å². The lowest BCUT2D eigenvalue weighted by Gasteiger charge is -2.36. The van der Waals surface area contributed by atoms with Gasteiger partial charge in [-0.1, -0.05) is 6.92 Å². The smallest absolute Gasteiger partial charge is 0.0496 e. The van der Waals surface area contributed by atoms with E-state index in [0.29, 0.717) is 6.04 Å². The van der Waals surface area contributed by atoms with Gasteiger partial charge in [-0.25, -0.2) is 0 Å². The second-order valence-corrected chi connectivity index (χ2v) is 5.58. The molecule has 1 saturated heterocycles. The van der Waals surface area contributed by atoms with Crippen molar-refractivity contribution in [2.75, 3.05) is 13.1 Å². The van der Waals surface area contributed by atoms with Crippen molar-refractivity contribution in [3.63, 3.8) is 0 Å². The van der Waals surface area contributed by atoms with Crippen molar-refractivity contribution < 1.29 is 0 Å². The third-order valence-electron chi connectivity index (χ3n) is 4.68. The maximum absolute atomic E-state index is 4.97. The third kappa shape index (κ3) is 1.73. The predicted octanol–water partition coefficient (Wildman–Crippen LogP) is 2.25. The fourth-order valence-electron chi connectivity index (χ4n) is 3.67. The Labute approximate surface area is 92.5 Å². The van der Waals surface area contributed by atoms with E-state index < -0.39 is 0 Å². The Kier molecular flexibility index (Phi) is 2.55. The predicted molar refractivity (Wildman–Crippen MR) is 63.3 cm³/mol. The minimum Gasteiger partial charge on any atom is -0.316 e. The highest BCUT2D eigenvalue weighted by molar-refractivity contribution is 5.88. The summed E-state index contributed by atoms with van der Waals surface area (Å²) in [4.78, 5) is 4.97. The molecule has 3 aliphatic rings. The van der Waals surface area contributed by atoms with E-state index in [0.717, 1.165) is 17.8 Å². The van der Waals surface area contributed by atoms with Crippen LogP contribution in [0.15, 0.2) is 4.99 Å². The third-order valence-corrected chi connectivity index (χ3v) is 4.68. The van der Waals surface area contributed by atoms with Gasteiger partial charge in [-0.2, -0.15) is 0 Å². The summed E-state index contributed by atoms with van der Waals surface area (Å²) in [7, 11) is 0. The van der Waals surface area contributed by atoms with Crippen molar-refractivity contribution in [1.82, 2.24) is 5.32 Å². The molecule has 0 bridgehead atoms. The number of aliphatic imine (C=N–C) groups is 1. The van der Waals surface area contributed by atoms with Crippen LogP contribution in [0, 0.1) is 17.8 Å². The van der Waals surface area contributed by atoms with Crippen LogP contribution in [0.5, 0.6) is 0 Å². The Morgan fingerprint density at radius 2 is 2.13 bits per heavy atom. The Balaban J connectivity index is 1.77. The van der Waals surface area contributed by atoms with Crippen molar-refractivity contribution in [1.29, 1.82) is 0 Å². The number of hydrogen-bond acceptors (Lipinski definition) is 2. The van der Waals surface area contributed by atoms with Crippen LogP contribution >= 0.6 is 0 Å². The number of fused-ring (bicyclic) bond motifs is 2. The molecule has 3 rings (SSSR count). The quantitative estimate of drug-likeness (QED) is 0.699. The molecule has 84 valence electrons. The summed E-state index contributed by atoms with van der Waals surface area (Å²) < 4.78 is 0. The average molecular weight is 206 g/mol. The van der Waals surface area contributed by atoms with Gasteiger partial charge >= 0.3 is 0 Å². The molecule has 0 aromatic carbocycles. The zero-order valence-corrected chi connectivity index (χ0v) is 9.71. The second kappa shape index (κ2) is 3.89. The van der Waals surface area contributed by atoms with E-state index in [1.54, 1.807) is 5.71 Å². The lowest BCUT2D eigenvalue weighted by Crippen LogP contribution is -2.35. The molecule has 0 aromatic rings. The maximum atomic E-state index is 4.97. The molecule has 4 atom stereocenters. The Hall–Kier alpha value is -0.370. The van der Waals surface area contributed by atoms with Gasteiger partial charge in [0.2, 0.25) is 0 Å². The summed E-state index contributed by atoms with van der Waals surface area (Å²) in [6.45, 7) is 4.79. The molecule has 1 aliphatic carbocycles. The molecular weight excluding hydrogens is 184 g/mol. The molecule has 0 amide bonds. The van der Waals surface area contributed by atoms with Gasteiger partial charge in [-0.05, 0) is 62.9 Å². The van der Waals surface area contributed by atoms with E-state index in [-0.39, 0.29) is 0 Å². The molecular formula is C13H22N2. The standard InChI is InChI=1S/C13H22N2/c1-2-12-4-3-9-5-10-7-14-8-11(10)6-13(9)15-12/h9-12,14H,2-8H2,1H3. The topological polar surface area (TPSA) is 24.4 Å². The van der Waals surface area contributed by atoms with Crippen LogP contribution in [0.1, 0.15) is 39.0 Å². The number of hydrogen-bond donors (Lipinski definition) is 1. The number of nitrogens with one attached hydrogen (secondary N) is 1. The van der Waals surface area contributed by atoms with E-state index >= 15 is 0 Å². The first-order chi connectivity index (χ1) is 7.36. The Morgan fingerprint density at radius 3 is 3.00 bits per heavy atom. The van der Waals surface area contributed by atoms with Gasteiger partial charge in [0, 0.05) is 11.8 Å². The van der Waals surface area contributed by atoms with Crippen LogP contribution < -0.4 is 5.32 Å². The molecule has 4 unspecified atom stereocenters. The molecule has 2 heterocycles. The van der Waals surface area contributed by atoms with Crippen molar-refractivity contribution in [2.45, 2.75) is 45.1 Å². The van der Waals surface area contributed by atoms with E-state index in [9.17, 15) is 0 Å². The van der Waals surface area contributed by atoms with Crippen LogP contribution in [-0.2, 0) is 0 Å². The van der Waals surface area contributed by atoms with Crippen molar-refractivity contribution in [2.24, 2.45) is 22.7 Å². The van der Waals surface area contributed by atoms with Gasteiger partial charge < -0.3 is 5.32 Å². The molecule has 15 heavy (non-hydrogen) atoms. The normalized spacial score (nSPS) is 44.5. The molecule has 2 heteroatoms. The molecule has 2 nitrogen and oxygen atoms in total. The zero-order valence-electron chi connectivity index (χ0n) is 9.71. The minimum atomic E-state index is 0.655. The van der Waals surface area contributed by atoms with E-state index in [1.807, 2.05) is 0 Å². The highest BCUT2D eigenvalue weighted by Gasteiger charge is 2.38. The van der Waals surface area contributed by atoms with Crippen LogP contribution in [-0.4, -0.2) is 24.8 Å². The highest BCUT2D eigenvalue weighted by atomic mass is 14.9. The molecule has 0 radical (unpaired) electrons. The van der Waals surface area contributed by atoms with Crippen molar-refractivity contribution in [3.05, 3.63) is 0 Å². The van der Waals surface area contributed by atoms with Crippen LogP contribution in [0.25, 0.3) is 0 Å². The van der Waals surface area contributed by atoms with Gasteiger partial charge in [0.05, 0.1) is 0 Å². The minimum absolute atomic E-state index is 0.655. The lowest BCUT2D eigenvalue weighted by molar-refractivity contribution is 0.301. The van der Waals surface area contributed by atoms with Gasteiger partial charge in [-0.15, -0.1) is 0 Å². The Bertz CT molecular complexity index is 272. The molecule has 0 spiro atoms. The fraction of sp³-hybridized carbons (Fsp3) is 0.923. The number of rotatable bonds is 1. The van der Waals surface area contributed by atoms with Crippen LogP contribution in [0.3, 0.4) is 0 Å². The molecule has 1 N–H and O–H groups in total. The fourth-order valence-corrected chi connectivity index (χ4v) is 3.67. The summed E-state index contributed by atoms with van der Waals surface area (Å²) in [5.41, 5.74) is 1.58.